The van der Waals surface area contributed by atoms with Crippen LogP contribution in [0, 0.1) is 17.3 Å². The number of aliphatic hydroxyl groups excluding tert-OH is 1. The molecular formula is C14H22OS2. The van der Waals surface area contributed by atoms with Crippen molar-refractivity contribution in [1.82, 2.24) is 0 Å². The first-order valence-corrected chi connectivity index (χ1v) is 9.17. The third kappa shape index (κ3) is 1.51. The fourth-order valence-electron chi connectivity index (χ4n) is 5.22. The van der Waals surface area contributed by atoms with E-state index in [1.165, 1.54) is 50.0 Å². The van der Waals surface area contributed by atoms with Crippen LogP contribution in [0.5, 0.6) is 0 Å². The van der Waals surface area contributed by atoms with Crippen molar-refractivity contribution in [3.05, 3.63) is 0 Å². The first kappa shape index (κ1) is 11.5. The van der Waals surface area contributed by atoms with Gasteiger partial charge in [0.05, 0.1) is 10.2 Å². The van der Waals surface area contributed by atoms with Gasteiger partial charge < -0.3 is 5.11 Å². The number of fused-ring (bicyclic) bond motifs is 1. The Morgan fingerprint density at radius 1 is 1.12 bits per heavy atom. The van der Waals surface area contributed by atoms with Crippen LogP contribution in [0.3, 0.4) is 0 Å². The Morgan fingerprint density at radius 2 is 1.94 bits per heavy atom. The fourth-order valence-corrected chi connectivity index (χ4v) is 9.13. The molecule has 0 unspecified atom stereocenters. The third-order valence-corrected chi connectivity index (χ3v) is 9.55. The van der Waals surface area contributed by atoms with Crippen LogP contribution >= 0.6 is 23.5 Å². The number of hydrogen-bond acceptors (Lipinski definition) is 3. The predicted molar refractivity (Wildman–Crippen MR) is 75.4 cm³/mol. The average Bonchev–Trinajstić information content (AvgIpc) is 2.76. The van der Waals surface area contributed by atoms with E-state index in [-0.39, 0.29) is 6.10 Å². The molecule has 1 nitrogen and oxygen atoms in total. The summed E-state index contributed by atoms with van der Waals surface area (Å²) in [6.07, 6.45) is 9.62. The van der Waals surface area contributed by atoms with Crippen molar-refractivity contribution in [2.75, 3.05) is 11.5 Å². The fraction of sp³-hybridized carbons (Fsp3) is 1.00. The molecule has 1 saturated heterocycles. The second-order valence-electron chi connectivity index (χ2n) is 6.60. The zero-order chi connectivity index (χ0) is 11.5. The molecule has 3 heteroatoms. The van der Waals surface area contributed by atoms with Crippen molar-refractivity contribution in [1.29, 1.82) is 0 Å². The number of thioether (sulfide) groups is 2. The van der Waals surface area contributed by atoms with Crippen LogP contribution in [0.25, 0.3) is 0 Å². The summed E-state index contributed by atoms with van der Waals surface area (Å²) in [6.45, 7) is 0. The summed E-state index contributed by atoms with van der Waals surface area (Å²) in [5.74, 6) is 4.19. The van der Waals surface area contributed by atoms with Gasteiger partial charge >= 0.3 is 0 Å². The average molecular weight is 270 g/mol. The molecule has 2 bridgehead atoms. The molecule has 96 valence electrons. The van der Waals surface area contributed by atoms with E-state index in [0.29, 0.717) is 15.4 Å². The lowest BCUT2D eigenvalue weighted by atomic mass is 9.49. The summed E-state index contributed by atoms with van der Waals surface area (Å²) < 4.78 is 0.422. The number of rotatable bonds is 0. The minimum absolute atomic E-state index is 0.0104. The lowest BCUT2D eigenvalue weighted by Gasteiger charge is -2.63. The van der Waals surface area contributed by atoms with E-state index in [2.05, 4.69) is 23.5 Å². The van der Waals surface area contributed by atoms with Crippen molar-refractivity contribution in [3.8, 4) is 0 Å². The van der Waals surface area contributed by atoms with Gasteiger partial charge in [0.25, 0.3) is 0 Å². The second kappa shape index (κ2) is 3.83. The Labute approximate surface area is 113 Å². The van der Waals surface area contributed by atoms with Crippen LogP contribution in [-0.2, 0) is 0 Å². The van der Waals surface area contributed by atoms with Gasteiger partial charge in [-0.1, -0.05) is 12.8 Å². The second-order valence-corrected chi connectivity index (χ2v) is 9.71. The topological polar surface area (TPSA) is 20.2 Å². The summed E-state index contributed by atoms with van der Waals surface area (Å²) >= 11 is 4.37. The van der Waals surface area contributed by atoms with Crippen molar-refractivity contribution >= 4 is 23.5 Å². The molecule has 4 saturated carbocycles. The van der Waals surface area contributed by atoms with E-state index in [0.717, 1.165) is 12.3 Å². The lowest BCUT2D eigenvalue weighted by molar-refractivity contribution is -0.111. The molecule has 0 radical (unpaired) electrons. The highest BCUT2D eigenvalue weighted by molar-refractivity contribution is 8.21. The standard InChI is InChI=1S/C14H22OS2/c15-12-8-13-4-2-1-3-10(13)7-11(12)14(9-13)16-5-6-17-14/h10-12,15H,1-9H2/t10-,11-,12-,13+/m0/s1. The first-order chi connectivity index (χ1) is 8.24. The van der Waals surface area contributed by atoms with Crippen molar-refractivity contribution < 1.29 is 5.11 Å². The molecule has 2 spiro atoms. The van der Waals surface area contributed by atoms with Crippen molar-refractivity contribution in [2.24, 2.45) is 17.3 Å². The minimum atomic E-state index is 0.0104. The summed E-state index contributed by atoms with van der Waals surface area (Å²) in [7, 11) is 0. The van der Waals surface area contributed by atoms with E-state index in [1.807, 2.05) is 0 Å². The molecule has 5 fully saturated rings. The molecule has 0 aromatic rings. The number of aliphatic hydroxyl groups is 1. The van der Waals surface area contributed by atoms with Crippen molar-refractivity contribution in [3.63, 3.8) is 0 Å². The smallest absolute Gasteiger partial charge is 0.0669 e. The molecule has 4 atom stereocenters. The van der Waals surface area contributed by atoms with Gasteiger partial charge in [0.1, 0.15) is 0 Å². The molecular weight excluding hydrogens is 248 g/mol. The van der Waals surface area contributed by atoms with E-state index in [1.54, 1.807) is 0 Å². The highest BCUT2D eigenvalue weighted by Gasteiger charge is 2.63. The zero-order valence-electron chi connectivity index (χ0n) is 10.4. The molecule has 5 aliphatic rings. The van der Waals surface area contributed by atoms with Crippen LogP contribution < -0.4 is 0 Å². The van der Waals surface area contributed by atoms with Gasteiger partial charge in [-0.2, -0.15) is 0 Å². The highest BCUT2D eigenvalue weighted by atomic mass is 32.2. The van der Waals surface area contributed by atoms with Gasteiger partial charge in [-0.25, -0.2) is 0 Å². The van der Waals surface area contributed by atoms with Crippen molar-refractivity contribution in [2.45, 2.75) is 55.1 Å². The summed E-state index contributed by atoms with van der Waals surface area (Å²) in [5.41, 5.74) is 0.538. The first-order valence-electron chi connectivity index (χ1n) is 7.20. The maximum absolute atomic E-state index is 10.5. The zero-order valence-corrected chi connectivity index (χ0v) is 12.0. The summed E-state index contributed by atoms with van der Waals surface area (Å²) in [4.78, 5) is 0. The summed E-state index contributed by atoms with van der Waals surface area (Å²) in [5, 5.41) is 10.5. The van der Waals surface area contributed by atoms with Gasteiger partial charge in [0, 0.05) is 17.4 Å². The molecule has 5 rings (SSSR count). The van der Waals surface area contributed by atoms with Crippen LogP contribution in [-0.4, -0.2) is 26.8 Å². The molecule has 0 amide bonds. The Kier molecular flexibility index (Phi) is 2.59. The monoisotopic (exact) mass is 270 g/mol. The van der Waals surface area contributed by atoms with Gasteiger partial charge in [0.2, 0.25) is 0 Å². The lowest BCUT2D eigenvalue weighted by Crippen LogP contribution is -2.59. The maximum atomic E-state index is 10.5. The summed E-state index contributed by atoms with van der Waals surface area (Å²) in [6, 6.07) is 0. The van der Waals surface area contributed by atoms with Gasteiger partial charge in [-0.15, -0.1) is 23.5 Å². The van der Waals surface area contributed by atoms with Crippen LogP contribution in [0.1, 0.15) is 44.9 Å². The van der Waals surface area contributed by atoms with Crippen LogP contribution in [0.4, 0.5) is 0 Å². The highest BCUT2D eigenvalue weighted by Crippen LogP contribution is 2.70. The minimum Gasteiger partial charge on any atom is -0.393 e. The normalized spacial score (nSPS) is 51.7. The van der Waals surface area contributed by atoms with Gasteiger partial charge in [0.15, 0.2) is 0 Å². The molecule has 1 aliphatic heterocycles. The molecule has 4 aliphatic carbocycles. The molecule has 1 heterocycles. The van der Waals surface area contributed by atoms with Crippen LogP contribution in [0.15, 0.2) is 0 Å². The van der Waals surface area contributed by atoms with E-state index < -0.39 is 0 Å². The molecule has 0 aromatic carbocycles. The van der Waals surface area contributed by atoms with Gasteiger partial charge in [-0.3, -0.25) is 0 Å². The molecule has 1 N–H and O–H groups in total. The quantitative estimate of drug-likeness (QED) is 0.727. The predicted octanol–water partition coefficient (Wildman–Crippen LogP) is 3.51. The van der Waals surface area contributed by atoms with E-state index in [9.17, 15) is 5.11 Å². The Balaban J connectivity index is 1.72. The largest absolute Gasteiger partial charge is 0.393 e. The number of hydrogen-bond donors (Lipinski definition) is 1. The Bertz CT molecular complexity index is 326. The maximum Gasteiger partial charge on any atom is 0.0669 e. The van der Waals surface area contributed by atoms with Gasteiger partial charge in [-0.05, 0) is 43.4 Å². The van der Waals surface area contributed by atoms with E-state index >= 15 is 0 Å². The Hall–Kier alpha value is 0.660. The van der Waals surface area contributed by atoms with Crippen LogP contribution in [0.2, 0.25) is 0 Å². The molecule has 0 aromatic heterocycles. The van der Waals surface area contributed by atoms with E-state index in [4.69, 9.17) is 0 Å². The SMILES string of the molecule is O[C@H]1C[C@@]23CCCC[C@H]2C[C@@H]1C1(C3)SCCS1. The third-order valence-electron chi connectivity index (χ3n) is 5.90. The Morgan fingerprint density at radius 3 is 2.76 bits per heavy atom. The molecule has 17 heavy (non-hydrogen) atoms.